The van der Waals surface area contributed by atoms with Crippen molar-refractivity contribution >= 4 is 11.8 Å². The number of hydrogen-bond acceptors (Lipinski definition) is 3. The van der Waals surface area contributed by atoms with Crippen LogP contribution in [-0.4, -0.2) is 18.4 Å². The molecule has 1 aromatic carbocycles. The van der Waals surface area contributed by atoms with E-state index in [2.05, 4.69) is 0 Å². The van der Waals surface area contributed by atoms with Crippen LogP contribution in [0.3, 0.4) is 0 Å². The van der Waals surface area contributed by atoms with E-state index >= 15 is 0 Å². The summed E-state index contributed by atoms with van der Waals surface area (Å²) in [5, 5.41) is 0. The van der Waals surface area contributed by atoms with Gasteiger partial charge in [0.15, 0.2) is 11.2 Å². The Labute approximate surface area is 94.4 Å². The summed E-state index contributed by atoms with van der Waals surface area (Å²) < 4.78 is 5.01. The first kappa shape index (κ1) is 10.9. The van der Waals surface area contributed by atoms with Gasteiger partial charge in [0.05, 0.1) is 6.61 Å². The summed E-state index contributed by atoms with van der Waals surface area (Å²) in [5.74, 6) is -0.436. The van der Waals surface area contributed by atoms with Gasteiger partial charge in [0.2, 0.25) is 0 Å². The van der Waals surface area contributed by atoms with Crippen molar-refractivity contribution in [2.45, 2.75) is 25.2 Å². The summed E-state index contributed by atoms with van der Waals surface area (Å²) in [6, 6.07) is 9.16. The molecule has 1 aliphatic rings. The van der Waals surface area contributed by atoms with Crippen LogP contribution in [0.15, 0.2) is 30.3 Å². The molecule has 0 saturated heterocycles. The minimum absolute atomic E-state index is 0.0304. The lowest BCUT2D eigenvalue weighted by molar-refractivity contribution is -0.159. The highest BCUT2D eigenvalue weighted by atomic mass is 16.5. The average molecular weight is 218 g/mol. The number of carbonyl (C=O) groups excluding carboxylic acids is 2. The number of ketones is 1. The van der Waals surface area contributed by atoms with E-state index in [0.29, 0.717) is 19.4 Å². The fourth-order valence-corrected chi connectivity index (χ4v) is 2.09. The van der Waals surface area contributed by atoms with E-state index in [0.717, 1.165) is 5.56 Å². The molecule has 3 nitrogen and oxygen atoms in total. The van der Waals surface area contributed by atoms with E-state index in [9.17, 15) is 9.59 Å². The highest BCUT2D eigenvalue weighted by Crippen LogP contribution is 2.41. The molecule has 16 heavy (non-hydrogen) atoms. The summed E-state index contributed by atoms with van der Waals surface area (Å²) in [5.41, 5.74) is -0.262. The molecule has 0 spiro atoms. The third kappa shape index (κ3) is 1.43. The van der Waals surface area contributed by atoms with E-state index in [-0.39, 0.29) is 5.78 Å². The molecule has 1 aliphatic carbocycles. The Morgan fingerprint density at radius 1 is 1.38 bits per heavy atom. The Morgan fingerprint density at radius 3 is 2.50 bits per heavy atom. The van der Waals surface area contributed by atoms with Gasteiger partial charge < -0.3 is 4.74 Å². The predicted octanol–water partition coefficient (Wildman–Crippen LogP) is 1.85. The summed E-state index contributed by atoms with van der Waals surface area (Å²) in [6.45, 7) is 2.06. The monoisotopic (exact) mass is 218 g/mol. The van der Waals surface area contributed by atoms with Crippen LogP contribution in [-0.2, 0) is 19.7 Å². The Bertz CT molecular complexity index is 410. The molecule has 1 aromatic rings. The largest absolute Gasteiger partial charge is 0.465 e. The van der Waals surface area contributed by atoms with Crippen LogP contribution in [0.1, 0.15) is 25.3 Å². The molecule has 1 fully saturated rings. The highest BCUT2D eigenvalue weighted by Gasteiger charge is 2.54. The summed E-state index contributed by atoms with van der Waals surface area (Å²) >= 11 is 0. The maximum Gasteiger partial charge on any atom is 0.324 e. The second kappa shape index (κ2) is 4.08. The second-order valence-corrected chi connectivity index (χ2v) is 3.92. The van der Waals surface area contributed by atoms with Gasteiger partial charge >= 0.3 is 5.97 Å². The molecule has 84 valence electrons. The van der Waals surface area contributed by atoms with Crippen molar-refractivity contribution in [2.75, 3.05) is 6.61 Å². The van der Waals surface area contributed by atoms with E-state index in [1.165, 1.54) is 0 Å². The lowest BCUT2D eigenvalue weighted by Crippen LogP contribution is -2.52. The van der Waals surface area contributed by atoms with Crippen molar-refractivity contribution in [3.63, 3.8) is 0 Å². The van der Waals surface area contributed by atoms with Crippen molar-refractivity contribution in [1.82, 2.24) is 0 Å². The van der Waals surface area contributed by atoms with E-state index in [1.54, 1.807) is 6.92 Å². The van der Waals surface area contributed by atoms with Gasteiger partial charge in [-0.05, 0) is 18.9 Å². The molecule has 0 aliphatic heterocycles. The van der Waals surface area contributed by atoms with E-state index in [4.69, 9.17) is 4.74 Å². The lowest BCUT2D eigenvalue weighted by Gasteiger charge is -2.37. The minimum Gasteiger partial charge on any atom is -0.465 e. The smallest absolute Gasteiger partial charge is 0.324 e. The molecular weight excluding hydrogens is 204 g/mol. The Kier molecular flexibility index (Phi) is 2.77. The number of ether oxygens (including phenoxy) is 1. The predicted molar refractivity (Wildman–Crippen MR) is 59.0 cm³/mol. The lowest BCUT2D eigenvalue weighted by atomic mass is 9.63. The maximum absolute atomic E-state index is 11.9. The molecule has 1 unspecified atom stereocenters. The van der Waals surface area contributed by atoms with Gasteiger partial charge in [-0.2, -0.15) is 0 Å². The molecule has 0 aromatic heterocycles. The third-order valence-corrected chi connectivity index (χ3v) is 3.09. The van der Waals surface area contributed by atoms with E-state index in [1.807, 2.05) is 30.3 Å². The van der Waals surface area contributed by atoms with Crippen LogP contribution in [0, 0.1) is 0 Å². The first-order valence-electron chi connectivity index (χ1n) is 5.48. The van der Waals surface area contributed by atoms with Crippen LogP contribution >= 0.6 is 0 Å². The SMILES string of the molecule is CCOC(=O)C1(c2ccccc2)CCC1=O. The molecule has 0 bridgehead atoms. The molecular formula is C13H14O3. The number of Topliss-reactive ketones (excluding diaryl/α,β-unsaturated/α-hetero) is 1. The van der Waals surface area contributed by atoms with Crippen LogP contribution in [0.2, 0.25) is 0 Å². The van der Waals surface area contributed by atoms with Gasteiger partial charge in [0, 0.05) is 6.42 Å². The standard InChI is InChI=1S/C13H14O3/c1-2-16-12(15)13(9-8-11(13)14)10-6-4-3-5-7-10/h3-7H,2,8-9H2,1H3. The molecule has 0 N–H and O–H groups in total. The van der Waals surface area contributed by atoms with Gasteiger partial charge in [-0.25, -0.2) is 0 Å². The van der Waals surface area contributed by atoms with Crippen LogP contribution in [0.25, 0.3) is 0 Å². The van der Waals surface area contributed by atoms with Crippen molar-refractivity contribution in [3.05, 3.63) is 35.9 Å². The summed E-state index contributed by atoms with van der Waals surface area (Å²) in [7, 11) is 0. The van der Waals surface area contributed by atoms with Crippen LogP contribution in [0.5, 0.6) is 0 Å². The first-order valence-corrected chi connectivity index (χ1v) is 5.48. The number of carbonyl (C=O) groups is 2. The van der Waals surface area contributed by atoms with E-state index < -0.39 is 11.4 Å². The quantitative estimate of drug-likeness (QED) is 0.574. The first-order chi connectivity index (χ1) is 7.71. The molecule has 1 saturated carbocycles. The zero-order chi connectivity index (χ0) is 11.6. The number of hydrogen-bond donors (Lipinski definition) is 0. The van der Waals surface area contributed by atoms with Crippen LogP contribution in [0.4, 0.5) is 0 Å². The number of rotatable bonds is 3. The van der Waals surface area contributed by atoms with Gasteiger partial charge in [0.25, 0.3) is 0 Å². The van der Waals surface area contributed by atoms with Gasteiger partial charge in [-0.3, -0.25) is 9.59 Å². The fraction of sp³-hybridized carbons (Fsp3) is 0.385. The van der Waals surface area contributed by atoms with Gasteiger partial charge in [-0.15, -0.1) is 0 Å². The Hall–Kier alpha value is -1.64. The van der Waals surface area contributed by atoms with Crippen molar-refractivity contribution < 1.29 is 14.3 Å². The van der Waals surface area contributed by atoms with Crippen molar-refractivity contribution in [3.8, 4) is 0 Å². The molecule has 2 rings (SSSR count). The molecule has 0 amide bonds. The van der Waals surface area contributed by atoms with Crippen molar-refractivity contribution in [1.29, 1.82) is 0 Å². The highest BCUT2D eigenvalue weighted by molar-refractivity contribution is 6.14. The normalized spacial score (nSPS) is 23.7. The number of benzene rings is 1. The molecule has 3 heteroatoms. The molecule has 1 atom stereocenters. The summed E-state index contributed by atoms with van der Waals surface area (Å²) in [4.78, 5) is 23.7. The topological polar surface area (TPSA) is 43.4 Å². The Balaban J connectivity index is 2.38. The molecule has 0 heterocycles. The van der Waals surface area contributed by atoms with Crippen molar-refractivity contribution in [2.24, 2.45) is 0 Å². The zero-order valence-electron chi connectivity index (χ0n) is 9.23. The Morgan fingerprint density at radius 2 is 2.06 bits per heavy atom. The average Bonchev–Trinajstić information content (AvgIpc) is 2.29. The number of esters is 1. The van der Waals surface area contributed by atoms with Gasteiger partial charge in [-0.1, -0.05) is 30.3 Å². The maximum atomic E-state index is 11.9. The zero-order valence-corrected chi connectivity index (χ0v) is 9.23. The third-order valence-electron chi connectivity index (χ3n) is 3.09. The summed E-state index contributed by atoms with van der Waals surface area (Å²) in [6.07, 6.45) is 1.03. The minimum atomic E-state index is -1.02. The fourth-order valence-electron chi connectivity index (χ4n) is 2.09. The second-order valence-electron chi connectivity index (χ2n) is 3.92. The molecule has 0 radical (unpaired) electrons. The van der Waals surface area contributed by atoms with Gasteiger partial charge in [0.1, 0.15) is 0 Å². The van der Waals surface area contributed by atoms with Crippen LogP contribution < -0.4 is 0 Å².